The molecule has 7 nitrogen and oxygen atoms in total. The molecule has 0 saturated carbocycles. The molecule has 10 heteroatoms. The van der Waals surface area contributed by atoms with Gasteiger partial charge in [-0.25, -0.2) is 4.79 Å². The summed E-state index contributed by atoms with van der Waals surface area (Å²) >= 11 is 12.2. The fourth-order valence-corrected chi connectivity index (χ4v) is 4.50. The Kier molecular flexibility index (Phi) is 5.47. The van der Waals surface area contributed by atoms with Crippen molar-refractivity contribution in [2.24, 2.45) is 0 Å². The first kappa shape index (κ1) is 20.3. The van der Waals surface area contributed by atoms with Crippen LogP contribution in [0.3, 0.4) is 0 Å². The highest BCUT2D eigenvalue weighted by atomic mass is 35.5. The summed E-state index contributed by atoms with van der Waals surface area (Å²) in [7, 11) is -1.92. The van der Waals surface area contributed by atoms with Crippen LogP contribution in [-0.4, -0.2) is 26.1 Å². The van der Waals surface area contributed by atoms with E-state index in [2.05, 4.69) is 4.98 Å². The number of aromatic carboxylic acids is 1. The van der Waals surface area contributed by atoms with Crippen LogP contribution in [0.15, 0.2) is 32.4 Å². The molecule has 1 aromatic carbocycles. The molecule has 0 aliphatic carbocycles. The second kappa shape index (κ2) is 7.54. The highest BCUT2D eigenvalue weighted by Crippen LogP contribution is 2.28. The Morgan fingerprint density at radius 2 is 1.89 bits per heavy atom. The maximum Gasteiger partial charge on any atom is 0.372 e. The topological polar surface area (TPSA) is 117 Å². The lowest BCUT2D eigenvalue weighted by Gasteiger charge is -2.10. The molecule has 2 aromatic heterocycles. The molecule has 0 fully saturated rings. The Bertz CT molecular complexity index is 1230. The number of aromatic amines is 1. The second-order valence-corrected chi connectivity index (χ2v) is 8.22. The van der Waals surface area contributed by atoms with E-state index in [0.29, 0.717) is 5.56 Å². The number of halogens is 2. The van der Waals surface area contributed by atoms with Crippen LogP contribution in [0, 0.1) is 6.92 Å². The summed E-state index contributed by atoms with van der Waals surface area (Å²) in [6.45, 7) is 2.72. The van der Waals surface area contributed by atoms with Crippen molar-refractivity contribution in [1.29, 1.82) is 0 Å². The van der Waals surface area contributed by atoms with Crippen LogP contribution < -0.4 is 5.43 Å². The first-order chi connectivity index (χ1) is 13.1. The zero-order chi connectivity index (χ0) is 20.7. The molecule has 0 aliphatic heterocycles. The van der Waals surface area contributed by atoms with E-state index in [0.717, 1.165) is 0 Å². The number of aryl methyl sites for hydroxylation is 1. The van der Waals surface area contributed by atoms with E-state index >= 15 is 0 Å². The number of hydrogen-bond acceptors (Lipinski definition) is 5. The van der Waals surface area contributed by atoms with Gasteiger partial charge in [-0.15, -0.1) is 0 Å². The number of pyridine rings is 1. The van der Waals surface area contributed by atoms with E-state index in [9.17, 15) is 18.6 Å². The van der Waals surface area contributed by atoms with Crippen LogP contribution >= 0.6 is 23.2 Å². The van der Waals surface area contributed by atoms with Crippen LogP contribution in [0.25, 0.3) is 10.9 Å². The maximum absolute atomic E-state index is 12.9. The van der Waals surface area contributed by atoms with Crippen molar-refractivity contribution < 1.29 is 23.3 Å². The number of carbonyl (C=O) groups is 2. The zero-order valence-corrected chi connectivity index (χ0v) is 16.9. The van der Waals surface area contributed by atoms with E-state index < -0.39 is 28.0 Å². The van der Waals surface area contributed by atoms with E-state index in [1.165, 1.54) is 25.1 Å². The summed E-state index contributed by atoms with van der Waals surface area (Å²) < 4.78 is 18.1. The van der Waals surface area contributed by atoms with Gasteiger partial charge in [0, 0.05) is 5.56 Å². The third-order valence-electron chi connectivity index (χ3n) is 4.04. The van der Waals surface area contributed by atoms with Gasteiger partial charge >= 0.3 is 5.97 Å². The lowest BCUT2D eigenvalue weighted by Crippen LogP contribution is -2.20. The van der Waals surface area contributed by atoms with Crippen molar-refractivity contribution >= 4 is 56.7 Å². The van der Waals surface area contributed by atoms with Gasteiger partial charge in [0.05, 0.1) is 43.1 Å². The number of furan rings is 1. The number of benzene rings is 1. The Hall–Kier alpha value is -2.42. The molecule has 1 unspecified atom stereocenters. The quantitative estimate of drug-likeness (QED) is 0.578. The molecule has 0 bridgehead atoms. The van der Waals surface area contributed by atoms with E-state index in [1.807, 2.05) is 0 Å². The molecule has 0 radical (unpaired) electrons. The van der Waals surface area contributed by atoms with Gasteiger partial charge in [0.25, 0.3) is 0 Å². The first-order valence-corrected chi connectivity index (χ1v) is 9.95. The van der Waals surface area contributed by atoms with Crippen molar-refractivity contribution in [3.05, 3.63) is 61.1 Å². The molecule has 0 amide bonds. The van der Waals surface area contributed by atoms with Gasteiger partial charge in [-0.05, 0) is 32.0 Å². The fraction of sp³-hybridized carbons (Fsp3) is 0.167. The molecule has 1 atom stereocenters. The molecule has 3 rings (SSSR count). The van der Waals surface area contributed by atoms with Crippen molar-refractivity contribution in [3.63, 3.8) is 0 Å². The Balaban J connectivity index is 2.18. The third-order valence-corrected chi connectivity index (χ3v) is 5.98. The van der Waals surface area contributed by atoms with Crippen LogP contribution in [0.5, 0.6) is 0 Å². The predicted molar refractivity (Wildman–Crippen MR) is 105 cm³/mol. The van der Waals surface area contributed by atoms with Gasteiger partial charge in [0.15, 0.2) is 5.78 Å². The zero-order valence-electron chi connectivity index (χ0n) is 14.6. The average molecular weight is 442 g/mol. The molecule has 28 heavy (non-hydrogen) atoms. The molecular weight excluding hydrogens is 429 g/mol. The summed E-state index contributed by atoms with van der Waals surface area (Å²) in [6, 6.07) is 4.34. The number of carboxylic acids is 1. The number of H-pyrrole nitrogens is 1. The smallest absolute Gasteiger partial charge is 0.372 e. The highest BCUT2D eigenvalue weighted by molar-refractivity contribution is 7.84. The molecular formula is C18H13Cl2NO6S. The van der Waals surface area contributed by atoms with Crippen LogP contribution in [0.2, 0.25) is 10.0 Å². The molecule has 0 spiro atoms. The number of aromatic nitrogens is 1. The standard InChI is InChI=1S/C18H13Cl2NO6S/c1-7-5-9(27-16(7)18(24)25)6-28(26)17-12(8(2)22)15(23)13-10(19)3-4-11(20)14(13)21-17/h3-5H,6H2,1-2H3,(H,21,23)(H,24,25). The minimum Gasteiger partial charge on any atom is -0.475 e. The monoisotopic (exact) mass is 441 g/mol. The lowest BCUT2D eigenvalue weighted by atomic mass is 10.1. The average Bonchev–Trinajstić information content (AvgIpc) is 2.97. The second-order valence-electron chi connectivity index (χ2n) is 6.01. The van der Waals surface area contributed by atoms with E-state index in [4.69, 9.17) is 32.7 Å². The molecule has 2 heterocycles. The van der Waals surface area contributed by atoms with Crippen LogP contribution in [0.4, 0.5) is 0 Å². The minimum absolute atomic E-state index is 0.0297. The van der Waals surface area contributed by atoms with Gasteiger partial charge in [-0.3, -0.25) is 13.8 Å². The molecule has 2 N–H and O–H groups in total. The Morgan fingerprint density at radius 3 is 2.46 bits per heavy atom. The summed E-state index contributed by atoms with van der Waals surface area (Å²) in [5.74, 6) is -2.21. The molecule has 146 valence electrons. The number of hydrogen-bond donors (Lipinski definition) is 2. The van der Waals surface area contributed by atoms with Crippen LogP contribution in [-0.2, 0) is 16.6 Å². The SMILES string of the molecule is CC(=O)c1c(S(=O)Cc2cc(C)c(C(=O)O)o2)[nH]c2c(Cl)ccc(Cl)c2c1=O. The summed E-state index contributed by atoms with van der Waals surface area (Å²) in [5, 5.41) is 9.25. The van der Waals surface area contributed by atoms with Gasteiger partial charge < -0.3 is 14.5 Å². The molecule has 0 saturated heterocycles. The highest BCUT2D eigenvalue weighted by Gasteiger charge is 2.24. The Morgan fingerprint density at radius 1 is 1.25 bits per heavy atom. The van der Waals surface area contributed by atoms with E-state index in [-0.39, 0.29) is 48.8 Å². The van der Waals surface area contributed by atoms with Gasteiger partial charge in [0.1, 0.15) is 10.8 Å². The van der Waals surface area contributed by atoms with E-state index in [1.54, 1.807) is 6.92 Å². The lowest BCUT2D eigenvalue weighted by molar-refractivity contribution is 0.0659. The largest absolute Gasteiger partial charge is 0.475 e. The number of carbonyl (C=O) groups excluding carboxylic acids is 1. The normalized spacial score (nSPS) is 12.3. The Labute approximate surface area is 170 Å². The number of Topliss-reactive ketones (excluding diaryl/α,β-unsaturated/α-hetero) is 1. The number of carboxylic acid groups (broad SMARTS) is 1. The summed E-state index contributed by atoms with van der Waals surface area (Å²) in [5.41, 5.74) is -0.446. The molecule has 0 aliphatic rings. The molecule has 3 aromatic rings. The van der Waals surface area contributed by atoms with Crippen LogP contribution in [0.1, 0.15) is 39.2 Å². The fourth-order valence-electron chi connectivity index (χ4n) is 2.82. The number of nitrogens with one attached hydrogen (secondary N) is 1. The van der Waals surface area contributed by atoms with Gasteiger partial charge in [-0.1, -0.05) is 23.2 Å². The van der Waals surface area contributed by atoms with Crippen molar-refractivity contribution in [1.82, 2.24) is 4.98 Å². The van der Waals surface area contributed by atoms with Gasteiger partial charge in [-0.2, -0.15) is 0 Å². The van der Waals surface area contributed by atoms with Crippen molar-refractivity contribution in [3.8, 4) is 0 Å². The van der Waals surface area contributed by atoms with Gasteiger partial charge in [0.2, 0.25) is 11.2 Å². The maximum atomic E-state index is 12.9. The van der Waals surface area contributed by atoms with Crippen molar-refractivity contribution in [2.75, 3.05) is 0 Å². The number of fused-ring (bicyclic) bond motifs is 1. The number of rotatable bonds is 5. The predicted octanol–water partition coefficient (Wildman–Crippen LogP) is 3.94. The minimum atomic E-state index is -1.92. The van der Waals surface area contributed by atoms with Crippen molar-refractivity contribution in [2.45, 2.75) is 24.6 Å². The number of ketones is 1. The first-order valence-electron chi connectivity index (χ1n) is 7.87. The summed E-state index contributed by atoms with van der Waals surface area (Å²) in [6.07, 6.45) is 0. The summed E-state index contributed by atoms with van der Waals surface area (Å²) in [4.78, 5) is 38.8. The third kappa shape index (κ3) is 3.50.